The molecule has 1 atom stereocenters. The summed E-state index contributed by atoms with van der Waals surface area (Å²) in [4.78, 5) is 25.7. The number of halogens is 1. The highest BCUT2D eigenvalue weighted by molar-refractivity contribution is 9.10. The molecule has 1 saturated heterocycles. The van der Waals surface area contributed by atoms with E-state index < -0.39 is 5.97 Å². The Morgan fingerprint density at radius 2 is 2.38 bits per heavy atom. The average molecular weight is 359 g/mol. The minimum Gasteiger partial charge on any atom is -0.468 e. The van der Waals surface area contributed by atoms with Gasteiger partial charge in [-0.05, 0) is 35.8 Å². The summed E-state index contributed by atoms with van der Waals surface area (Å²) in [7, 11) is 3.20. The van der Waals surface area contributed by atoms with E-state index in [1.807, 2.05) is 7.05 Å². The highest BCUT2D eigenvalue weighted by Gasteiger charge is 2.27. The van der Waals surface area contributed by atoms with E-state index in [0.29, 0.717) is 10.5 Å². The van der Waals surface area contributed by atoms with Gasteiger partial charge in [0.05, 0.1) is 19.0 Å². The van der Waals surface area contributed by atoms with Crippen LogP contribution >= 0.6 is 15.9 Å². The summed E-state index contributed by atoms with van der Waals surface area (Å²) in [5, 5.41) is 7.24. The number of anilines is 1. The molecule has 1 aromatic heterocycles. The second-order valence-corrected chi connectivity index (χ2v) is 5.72. The van der Waals surface area contributed by atoms with Gasteiger partial charge in [0.25, 0.3) is 5.56 Å². The SMILES string of the molecule is CNCC1CCCN1c1cnn(CC(=O)OC)c(=O)c1Br. The first-order valence-electron chi connectivity index (χ1n) is 6.82. The number of hydrogen-bond acceptors (Lipinski definition) is 6. The van der Waals surface area contributed by atoms with Gasteiger partial charge >= 0.3 is 5.97 Å². The van der Waals surface area contributed by atoms with Crippen molar-refractivity contribution in [2.24, 2.45) is 0 Å². The number of hydrogen-bond donors (Lipinski definition) is 1. The molecule has 1 aliphatic heterocycles. The van der Waals surface area contributed by atoms with Gasteiger partial charge in [-0.1, -0.05) is 0 Å². The van der Waals surface area contributed by atoms with Crippen molar-refractivity contribution >= 4 is 27.6 Å². The van der Waals surface area contributed by atoms with Crippen LogP contribution in [0.5, 0.6) is 0 Å². The Balaban J connectivity index is 2.28. The van der Waals surface area contributed by atoms with Crippen molar-refractivity contribution < 1.29 is 9.53 Å². The molecule has 0 aromatic carbocycles. The molecule has 116 valence electrons. The quantitative estimate of drug-likeness (QED) is 0.766. The van der Waals surface area contributed by atoms with Gasteiger partial charge < -0.3 is 15.0 Å². The molecule has 21 heavy (non-hydrogen) atoms. The van der Waals surface area contributed by atoms with E-state index in [1.165, 1.54) is 7.11 Å². The van der Waals surface area contributed by atoms with Crippen LogP contribution in [-0.4, -0.2) is 49.0 Å². The molecule has 1 unspecified atom stereocenters. The van der Waals surface area contributed by atoms with Crippen LogP contribution in [-0.2, 0) is 16.1 Å². The summed E-state index contributed by atoms with van der Waals surface area (Å²) in [6.45, 7) is 1.57. The first-order chi connectivity index (χ1) is 10.1. The van der Waals surface area contributed by atoms with Gasteiger partial charge in [-0.2, -0.15) is 5.10 Å². The van der Waals surface area contributed by atoms with Gasteiger partial charge in [-0.25, -0.2) is 4.68 Å². The van der Waals surface area contributed by atoms with Gasteiger partial charge in [0, 0.05) is 19.1 Å². The molecule has 0 saturated carbocycles. The fourth-order valence-corrected chi connectivity index (χ4v) is 3.09. The van der Waals surface area contributed by atoms with Gasteiger partial charge in [-0.15, -0.1) is 0 Å². The number of likely N-dealkylation sites (N-methyl/N-ethyl adjacent to an activating group) is 1. The Morgan fingerprint density at radius 1 is 1.62 bits per heavy atom. The monoisotopic (exact) mass is 358 g/mol. The highest BCUT2D eigenvalue weighted by atomic mass is 79.9. The molecule has 1 fully saturated rings. The van der Waals surface area contributed by atoms with Crippen LogP contribution in [0.2, 0.25) is 0 Å². The lowest BCUT2D eigenvalue weighted by atomic mass is 10.2. The van der Waals surface area contributed by atoms with Gasteiger partial charge in [0.15, 0.2) is 0 Å². The maximum absolute atomic E-state index is 12.3. The lowest BCUT2D eigenvalue weighted by Gasteiger charge is -2.27. The molecule has 1 aliphatic rings. The number of nitrogens with one attached hydrogen (secondary N) is 1. The average Bonchev–Trinajstić information content (AvgIpc) is 2.92. The summed E-state index contributed by atoms with van der Waals surface area (Å²) >= 11 is 3.34. The Labute approximate surface area is 131 Å². The number of esters is 1. The van der Waals surface area contributed by atoms with Gasteiger partial charge in [-0.3, -0.25) is 9.59 Å². The molecule has 2 rings (SSSR count). The third-order valence-electron chi connectivity index (χ3n) is 3.60. The summed E-state index contributed by atoms with van der Waals surface area (Å²) in [5.41, 5.74) is 0.451. The highest BCUT2D eigenvalue weighted by Crippen LogP contribution is 2.29. The number of nitrogens with zero attached hydrogens (tertiary/aromatic N) is 3. The van der Waals surface area contributed by atoms with E-state index >= 15 is 0 Å². The molecule has 0 bridgehead atoms. The Bertz CT molecular complexity index is 575. The Kier molecular flexibility index (Phi) is 5.35. The van der Waals surface area contributed by atoms with Crippen molar-refractivity contribution in [3.63, 3.8) is 0 Å². The van der Waals surface area contributed by atoms with Crippen molar-refractivity contribution in [2.75, 3.05) is 32.1 Å². The topological polar surface area (TPSA) is 76.5 Å². The molecule has 0 spiro atoms. The number of carbonyl (C=O) groups excluding carboxylic acids is 1. The maximum atomic E-state index is 12.3. The first kappa shape index (κ1) is 16.0. The zero-order valence-corrected chi connectivity index (χ0v) is 13.7. The van der Waals surface area contributed by atoms with Crippen LogP contribution in [0.3, 0.4) is 0 Å². The van der Waals surface area contributed by atoms with E-state index in [1.54, 1.807) is 6.20 Å². The van der Waals surface area contributed by atoms with Crippen LogP contribution in [0.25, 0.3) is 0 Å². The molecular formula is C13H19BrN4O3. The largest absolute Gasteiger partial charge is 0.468 e. The number of methoxy groups -OCH3 is 1. The lowest BCUT2D eigenvalue weighted by Crippen LogP contribution is -2.38. The zero-order valence-electron chi connectivity index (χ0n) is 12.1. The summed E-state index contributed by atoms with van der Waals surface area (Å²) in [6, 6.07) is 0.351. The number of rotatable bonds is 5. The van der Waals surface area contributed by atoms with E-state index in [4.69, 9.17) is 0 Å². The predicted molar refractivity (Wildman–Crippen MR) is 82.5 cm³/mol. The zero-order chi connectivity index (χ0) is 15.4. The molecular weight excluding hydrogens is 340 g/mol. The predicted octanol–water partition coefficient (Wildman–Crippen LogP) is 0.367. The van der Waals surface area contributed by atoms with Gasteiger partial charge in [0.2, 0.25) is 0 Å². The van der Waals surface area contributed by atoms with Crippen molar-refractivity contribution in [2.45, 2.75) is 25.4 Å². The second kappa shape index (κ2) is 7.04. The van der Waals surface area contributed by atoms with Crippen LogP contribution in [0.4, 0.5) is 5.69 Å². The second-order valence-electron chi connectivity index (χ2n) is 4.93. The van der Waals surface area contributed by atoms with E-state index in [9.17, 15) is 9.59 Å². The third-order valence-corrected chi connectivity index (χ3v) is 4.34. The smallest absolute Gasteiger partial charge is 0.327 e. The first-order valence-corrected chi connectivity index (χ1v) is 7.61. The van der Waals surface area contributed by atoms with E-state index in [-0.39, 0.29) is 12.1 Å². The molecule has 7 nitrogen and oxygen atoms in total. The molecule has 1 N–H and O–H groups in total. The fraction of sp³-hybridized carbons (Fsp3) is 0.615. The molecule has 8 heteroatoms. The van der Waals surface area contributed by atoms with Crippen LogP contribution in [0.1, 0.15) is 12.8 Å². The molecule has 0 amide bonds. The molecule has 1 aromatic rings. The van der Waals surface area contributed by atoms with Crippen LogP contribution in [0.15, 0.2) is 15.5 Å². The summed E-state index contributed by atoms with van der Waals surface area (Å²) in [6.07, 6.45) is 3.80. The van der Waals surface area contributed by atoms with Gasteiger partial charge in [0.1, 0.15) is 11.0 Å². The standard InChI is InChI=1S/C13H19BrN4O3/c1-15-6-9-4-3-5-17(9)10-7-16-18(8-11(19)21-2)13(20)12(10)14/h7,9,15H,3-6,8H2,1-2H3. The molecule has 0 aliphatic carbocycles. The lowest BCUT2D eigenvalue weighted by molar-refractivity contribution is -0.141. The molecule has 2 heterocycles. The minimum absolute atomic E-state index is 0.186. The Morgan fingerprint density at radius 3 is 3.05 bits per heavy atom. The number of carbonyl (C=O) groups is 1. The van der Waals surface area contributed by atoms with Crippen LogP contribution in [0, 0.1) is 0 Å². The van der Waals surface area contributed by atoms with Crippen molar-refractivity contribution in [3.8, 4) is 0 Å². The fourth-order valence-electron chi connectivity index (χ4n) is 2.56. The van der Waals surface area contributed by atoms with Crippen molar-refractivity contribution in [3.05, 3.63) is 21.0 Å². The van der Waals surface area contributed by atoms with Crippen molar-refractivity contribution in [1.82, 2.24) is 15.1 Å². The summed E-state index contributed by atoms with van der Waals surface area (Å²) in [5.74, 6) is -0.501. The number of aromatic nitrogens is 2. The normalized spacial score (nSPS) is 18.0. The van der Waals surface area contributed by atoms with Crippen molar-refractivity contribution in [1.29, 1.82) is 0 Å². The number of ether oxygens (including phenoxy) is 1. The minimum atomic E-state index is -0.501. The van der Waals surface area contributed by atoms with E-state index in [2.05, 4.69) is 36.0 Å². The Hall–Kier alpha value is -1.41. The maximum Gasteiger partial charge on any atom is 0.327 e. The summed E-state index contributed by atoms with van der Waals surface area (Å²) < 4.78 is 6.09. The third kappa shape index (κ3) is 3.44. The molecule has 0 radical (unpaired) electrons. The van der Waals surface area contributed by atoms with Crippen LogP contribution < -0.4 is 15.8 Å². The van der Waals surface area contributed by atoms with E-state index in [0.717, 1.165) is 36.3 Å².